The van der Waals surface area contributed by atoms with Crippen molar-refractivity contribution in [1.29, 1.82) is 0 Å². The summed E-state index contributed by atoms with van der Waals surface area (Å²) >= 11 is 12.5. The number of benzene rings is 3. The van der Waals surface area contributed by atoms with Gasteiger partial charge in [-0.2, -0.15) is 0 Å². The van der Waals surface area contributed by atoms with E-state index in [1.807, 2.05) is 13.8 Å². The normalized spacial score (nSPS) is 12.2. The first-order valence-corrected chi connectivity index (χ1v) is 14.8. The molecule has 39 heavy (non-hydrogen) atoms. The van der Waals surface area contributed by atoms with Crippen molar-refractivity contribution in [3.63, 3.8) is 0 Å². The number of carbonyl (C=O) groups is 2. The standard InChI is InChI=1S/C29H33Cl2N3O4S/c1-5-26(29(36)32-20(2)3)33(18-22-15-16-23(30)17-25(22)31)28(35)19-34(27-14-10-9-11-21(27)4)39(37,38)24-12-7-6-8-13-24/h6-17,20,26H,5,18-19H2,1-4H3,(H,32,36)/t26-/m0/s1. The van der Waals surface area contributed by atoms with Crippen molar-refractivity contribution in [2.75, 3.05) is 10.8 Å². The topological polar surface area (TPSA) is 86.8 Å². The predicted molar refractivity (Wildman–Crippen MR) is 157 cm³/mol. The maximum atomic E-state index is 14.1. The molecule has 0 radical (unpaired) electrons. The molecule has 3 aromatic rings. The molecule has 1 atom stereocenters. The number of nitrogens with one attached hydrogen (secondary N) is 1. The van der Waals surface area contributed by atoms with E-state index in [0.29, 0.717) is 33.3 Å². The fraction of sp³-hybridized carbons (Fsp3) is 0.310. The zero-order valence-corrected chi connectivity index (χ0v) is 24.7. The molecule has 7 nitrogen and oxygen atoms in total. The molecule has 208 valence electrons. The van der Waals surface area contributed by atoms with E-state index in [9.17, 15) is 18.0 Å². The summed E-state index contributed by atoms with van der Waals surface area (Å²) in [6, 6.07) is 18.8. The highest BCUT2D eigenvalue weighted by atomic mass is 35.5. The first-order valence-electron chi connectivity index (χ1n) is 12.6. The summed E-state index contributed by atoms with van der Waals surface area (Å²) in [5.41, 5.74) is 1.64. The summed E-state index contributed by atoms with van der Waals surface area (Å²) in [6.07, 6.45) is 0.311. The number of hydrogen-bond acceptors (Lipinski definition) is 4. The lowest BCUT2D eigenvalue weighted by Gasteiger charge is -2.34. The number of hydrogen-bond donors (Lipinski definition) is 1. The zero-order valence-electron chi connectivity index (χ0n) is 22.4. The smallest absolute Gasteiger partial charge is 0.264 e. The highest BCUT2D eigenvalue weighted by Crippen LogP contribution is 2.28. The zero-order chi connectivity index (χ0) is 28.7. The second-order valence-electron chi connectivity index (χ2n) is 9.46. The summed E-state index contributed by atoms with van der Waals surface area (Å²) in [5.74, 6) is -0.881. The molecule has 0 spiro atoms. The Balaban J connectivity index is 2.09. The molecule has 1 N–H and O–H groups in total. The van der Waals surface area contributed by atoms with Crippen molar-refractivity contribution in [1.82, 2.24) is 10.2 Å². The number of aryl methyl sites for hydroxylation is 1. The molecule has 0 aromatic heterocycles. The number of nitrogens with zero attached hydrogens (tertiary/aromatic N) is 2. The molecular weight excluding hydrogens is 557 g/mol. The number of anilines is 1. The maximum Gasteiger partial charge on any atom is 0.264 e. The van der Waals surface area contributed by atoms with E-state index in [4.69, 9.17) is 23.2 Å². The van der Waals surface area contributed by atoms with E-state index in [1.165, 1.54) is 17.0 Å². The lowest BCUT2D eigenvalue weighted by molar-refractivity contribution is -0.140. The Hall–Kier alpha value is -3.07. The van der Waals surface area contributed by atoms with Crippen LogP contribution in [0, 0.1) is 6.92 Å². The number of para-hydroxylation sites is 1. The van der Waals surface area contributed by atoms with Gasteiger partial charge in [0.1, 0.15) is 12.6 Å². The molecule has 0 heterocycles. The third kappa shape index (κ3) is 7.53. The van der Waals surface area contributed by atoms with E-state index in [-0.39, 0.29) is 23.4 Å². The largest absolute Gasteiger partial charge is 0.352 e. The number of sulfonamides is 1. The van der Waals surface area contributed by atoms with Gasteiger partial charge in [0.2, 0.25) is 11.8 Å². The number of halogens is 2. The van der Waals surface area contributed by atoms with Gasteiger partial charge in [-0.25, -0.2) is 8.42 Å². The van der Waals surface area contributed by atoms with Gasteiger partial charge in [0.25, 0.3) is 10.0 Å². The molecule has 2 amide bonds. The Morgan fingerprint density at radius 1 is 0.949 bits per heavy atom. The number of carbonyl (C=O) groups excluding carboxylic acids is 2. The fourth-order valence-corrected chi connectivity index (χ4v) is 6.18. The van der Waals surface area contributed by atoms with Crippen molar-refractivity contribution in [2.24, 2.45) is 0 Å². The van der Waals surface area contributed by atoms with Gasteiger partial charge < -0.3 is 10.2 Å². The molecule has 0 fully saturated rings. The van der Waals surface area contributed by atoms with Gasteiger partial charge in [-0.1, -0.05) is 72.6 Å². The summed E-state index contributed by atoms with van der Waals surface area (Å²) in [5, 5.41) is 3.65. The average molecular weight is 591 g/mol. The summed E-state index contributed by atoms with van der Waals surface area (Å²) in [6.45, 7) is 6.72. The number of rotatable bonds is 11. The van der Waals surface area contributed by atoms with Gasteiger partial charge in [-0.3, -0.25) is 13.9 Å². The highest BCUT2D eigenvalue weighted by Gasteiger charge is 2.34. The van der Waals surface area contributed by atoms with Crippen LogP contribution in [0.25, 0.3) is 0 Å². The second-order valence-corrected chi connectivity index (χ2v) is 12.2. The van der Waals surface area contributed by atoms with Crippen LogP contribution in [0.15, 0.2) is 77.7 Å². The molecule has 0 aliphatic rings. The lowest BCUT2D eigenvalue weighted by atomic mass is 10.1. The van der Waals surface area contributed by atoms with Crippen LogP contribution in [-0.2, 0) is 26.2 Å². The molecule has 3 aromatic carbocycles. The molecule has 0 saturated heterocycles. The third-order valence-corrected chi connectivity index (χ3v) is 8.53. The van der Waals surface area contributed by atoms with Gasteiger partial charge >= 0.3 is 0 Å². The summed E-state index contributed by atoms with van der Waals surface area (Å²) < 4.78 is 28.8. The van der Waals surface area contributed by atoms with E-state index in [0.717, 1.165) is 4.31 Å². The molecule has 10 heteroatoms. The molecule has 0 aliphatic heterocycles. The minimum absolute atomic E-state index is 0.00808. The van der Waals surface area contributed by atoms with E-state index in [2.05, 4.69) is 5.32 Å². The maximum absolute atomic E-state index is 14.1. The van der Waals surface area contributed by atoms with E-state index < -0.39 is 28.5 Å². The molecule has 3 rings (SSSR count). The van der Waals surface area contributed by atoms with Gasteiger partial charge in [-0.05, 0) is 68.7 Å². The van der Waals surface area contributed by atoms with E-state index >= 15 is 0 Å². The van der Waals surface area contributed by atoms with Crippen molar-refractivity contribution in [3.8, 4) is 0 Å². The van der Waals surface area contributed by atoms with Crippen LogP contribution < -0.4 is 9.62 Å². The van der Waals surface area contributed by atoms with Crippen LogP contribution in [0.5, 0.6) is 0 Å². The van der Waals surface area contributed by atoms with Gasteiger partial charge in [0.15, 0.2) is 0 Å². The minimum Gasteiger partial charge on any atom is -0.352 e. The van der Waals surface area contributed by atoms with Crippen molar-refractivity contribution in [3.05, 3.63) is 94.0 Å². The molecule has 0 bridgehead atoms. The molecule has 0 aliphatic carbocycles. The quantitative estimate of drug-likeness (QED) is 0.305. The first-order chi connectivity index (χ1) is 18.4. The Bertz CT molecular complexity index is 1420. The molecular formula is C29H33Cl2N3O4S. The van der Waals surface area contributed by atoms with Crippen LogP contribution in [0.1, 0.15) is 38.3 Å². The minimum atomic E-state index is -4.12. The highest BCUT2D eigenvalue weighted by molar-refractivity contribution is 7.92. The number of amides is 2. The first kappa shape index (κ1) is 30.5. The molecule has 0 saturated carbocycles. The second kappa shape index (κ2) is 13.3. The van der Waals surface area contributed by atoms with Crippen LogP contribution in [-0.4, -0.2) is 43.8 Å². The summed E-state index contributed by atoms with van der Waals surface area (Å²) in [4.78, 5) is 28.7. The van der Waals surface area contributed by atoms with Crippen LogP contribution in [0.4, 0.5) is 5.69 Å². The Morgan fingerprint density at radius 3 is 2.18 bits per heavy atom. The van der Waals surface area contributed by atoms with Crippen LogP contribution in [0.3, 0.4) is 0 Å². The predicted octanol–water partition coefficient (Wildman–Crippen LogP) is 5.83. The van der Waals surface area contributed by atoms with Crippen molar-refractivity contribution >= 4 is 50.7 Å². The Labute approximate surface area is 240 Å². The van der Waals surface area contributed by atoms with Gasteiger partial charge in [0.05, 0.1) is 10.6 Å². The average Bonchev–Trinajstić information content (AvgIpc) is 2.88. The third-order valence-electron chi connectivity index (χ3n) is 6.17. The lowest BCUT2D eigenvalue weighted by Crippen LogP contribution is -2.53. The molecule has 0 unspecified atom stereocenters. The van der Waals surface area contributed by atoms with Crippen LogP contribution in [0.2, 0.25) is 10.0 Å². The van der Waals surface area contributed by atoms with Crippen LogP contribution >= 0.6 is 23.2 Å². The van der Waals surface area contributed by atoms with Crippen molar-refractivity contribution < 1.29 is 18.0 Å². The van der Waals surface area contributed by atoms with E-state index in [1.54, 1.807) is 74.5 Å². The Kier molecular flexibility index (Phi) is 10.4. The van der Waals surface area contributed by atoms with Crippen molar-refractivity contribution in [2.45, 2.75) is 57.6 Å². The SMILES string of the molecule is CC[C@@H](C(=O)NC(C)C)N(Cc1ccc(Cl)cc1Cl)C(=O)CN(c1ccccc1C)S(=O)(=O)c1ccccc1. The van der Waals surface area contributed by atoms with Gasteiger partial charge in [-0.15, -0.1) is 0 Å². The summed E-state index contributed by atoms with van der Waals surface area (Å²) in [7, 11) is -4.12. The monoisotopic (exact) mass is 589 g/mol. The fourth-order valence-electron chi connectivity index (χ4n) is 4.21. The van der Waals surface area contributed by atoms with Gasteiger partial charge in [0, 0.05) is 22.6 Å². The Morgan fingerprint density at radius 2 is 1.59 bits per heavy atom.